The van der Waals surface area contributed by atoms with Crippen molar-refractivity contribution in [2.45, 2.75) is 191 Å². The maximum Gasteiger partial charge on any atom is 0.271 e. The second kappa shape index (κ2) is 45.0. The predicted octanol–water partition coefficient (Wildman–Crippen LogP) is 0.585. The molecular formula is C78H103ClN20O14. The Kier molecular flexibility index (Phi) is 35.3. The molecule has 2 aromatic carbocycles. The number of nitrogen functional groups attached to an aromatic ring is 1. The fourth-order valence-corrected chi connectivity index (χ4v) is 12.6. The molecule has 606 valence electrons. The van der Waals surface area contributed by atoms with E-state index in [1.165, 1.54) is 68.1 Å². The molecule has 0 unspecified atom stereocenters. The molecule has 13 amide bonds. The van der Waals surface area contributed by atoms with E-state index < -0.39 is 144 Å². The summed E-state index contributed by atoms with van der Waals surface area (Å²) >= 11 is 6.25. The van der Waals surface area contributed by atoms with Crippen molar-refractivity contribution in [3.63, 3.8) is 0 Å². The summed E-state index contributed by atoms with van der Waals surface area (Å²) in [5, 5.41) is 45.1. The first-order valence-electron chi connectivity index (χ1n) is 37.7. The van der Waals surface area contributed by atoms with E-state index in [-0.39, 0.29) is 113 Å². The zero-order valence-electron chi connectivity index (χ0n) is 64.2. The third-order valence-corrected chi connectivity index (χ3v) is 18.7. The molecule has 0 bridgehead atoms. The molecule has 1 saturated heterocycles. The monoisotopic (exact) mass is 1580 g/mol. The van der Waals surface area contributed by atoms with Gasteiger partial charge in [-0.3, -0.25) is 77.3 Å². The second-order valence-corrected chi connectivity index (χ2v) is 28.8. The van der Waals surface area contributed by atoms with Crippen LogP contribution in [-0.4, -0.2) is 211 Å². The Labute approximate surface area is 660 Å². The summed E-state index contributed by atoms with van der Waals surface area (Å²) in [6.07, 6.45) is 8.80. The van der Waals surface area contributed by atoms with Crippen molar-refractivity contribution in [3.05, 3.63) is 155 Å². The van der Waals surface area contributed by atoms with E-state index in [9.17, 15) is 57.8 Å². The summed E-state index contributed by atoms with van der Waals surface area (Å²) in [6.45, 7) is 9.62. The lowest BCUT2D eigenvalue weighted by atomic mass is 10.0. The van der Waals surface area contributed by atoms with Crippen LogP contribution in [0.3, 0.4) is 0 Å². The standard InChI is InChI=1S/C78H103ClN20O14/c1-45(2)37-59(72(107)94-58(18-9-10-31-84-46(3)4)78(113)99-36-14-21-65(99)77(112)89-47(5)67(81)102)95-71(106)57(19-12-32-86-68(103)52-25-29-66(80)88-42-52)92-70(105)56(20-13-33-87-69(104)63-43-83-34-35-85-63)93-76(111)64(44-100)98-74(109)61(39-50-15-11-30-82-41-50)97-73(108)60(38-49-22-26-53(79)27-23-49)96-75(110)62(90-48(6)101)40-54-28-24-51-16-7-8-17-55(51)91-54/h7-8,11,15-17,22-30,34-35,41-43,45-47,56-62,64-65,84,100H,9-10,12-14,18-21,31-33,36-40,44H2,1-6H3,(H2,80,88)(H2,81,102)(H,86,103)(H,87,104)(H,89,112)(H,90,101)(H,92,105)(H,93,111)(H,94,107)(H,95,106)(H,96,110)(H,97,108)(H,98,109)/t47-,56+,57-,58+,59+,60-,61-,62-,64+,65+/m1/s1. The van der Waals surface area contributed by atoms with Gasteiger partial charge in [-0.15, -0.1) is 0 Å². The normalized spacial score (nSPS) is 14.9. The van der Waals surface area contributed by atoms with E-state index in [2.05, 4.69) is 88.7 Å². The maximum absolute atomic E-state index is 15.1. The third-order valence-electron chi connectivity index (χ3n) is 18.4. The van der Waals surface area contributed by atoms with Crippen molar-refractivity contribution in [2.24, 2.45) is 11.7 Å². The number of unbranched alkanes of at least 4 members (excludes halogenated alkanes) is 1. The summed E-state index contributed by atoms with van der Waals surface area (Å²) in [5.74, 6) is -10.4. The number of nitrogens with one attached hydrogen (secondary N) is 12. The van der Waals surface area contributed by atoms with Gasteiger partial charge in [0.1, 0.15) is 71.9 Å². The summed E-state index contributed by atoms with van der Waals surface area (Å²) in [6, 6.07) is 9.48. The van der Waals surface area contributed by atoms with Crippen LogP contribution in [0.4, 0.5) is 5.82 Å². The molecule has 17 N–H and O–H groups in total. The van der Waals surface area contributed by atoms with Crippen LogP contribution in [0.5, 0.6) is 0 Å². The Hall–Kier alpha value is -11.6. The van der Waals surface area contributed by atoms with Gasteiger partial charge in [-0.1, -0.05) is 81.8 Å². The van der Waals surface area contributed by atoms with Gasteiger partial charge in [0.25, 0.3) is 11.8 Å². The van der Waals surface area contributed by atoms with Crippen LogP contribution < -0.4 is 75.3 Å². The molecule has 35 heteroatoms. The lowest BCUT2D eigenvalue weighted by molar-refractivity contribution is -0.142. The van der Waals surface area contributed by atoms with Crippen LogP contribution in [0.25, 0.3) is 10.9 Å². The first kappa shape index (κ1) is 88.6. The van der Waals surface area contributed by atoms with Crippen LogP contribution in [0.15, 0.2) is 122 Å². The number of benzene rings is 2. The van der Waals surface area contributed by atoms with Crippen LogP contribution in [0.1, 0.15) is 143 Å². The molecule has 0 aliphatic carbocycles. The van der Waals surface area contributed by atoms with Gasteiger partial charge < -0.3 is 85.3 Å². The number of aliphatic hydroxyl groups is 1. The highest BCUT2D eigenvalue weighted by atomic mass is 35.5. The number of pyridine rings is 3. The third kappa shape index (κ3) is 29.2. The van der Waals surface area contributed by atoms with Crippen molar-refractivity contribution < 1.29 is 67.4 Å². The van der Waals surface area contributed by atoms with Crippen molar-refractivity contribution in [1.29, 1.82) is 0 Å². The molecule has 113 heavy (non-hydrogen) atoms. The highest BCUT2D eigenvalue weighted by Gasteiger charge is 2.40. The van der Waals surface area contributed by atoms with Gasteiger partial charge in [0, 0.05) is 98.9 Å². The van der Waals surface area contributed by atoms with Crippen LogP contribution in [0, 0.1) is 5.92 Å². The van der Waals surface area contributed by atoms with Gasteiger partial charge >= 0.3 is 0 Å². The molecule has 0 radical (unpaired) electrons. The SMILES string of the molecule is CC(=O)N[C@H](Cc1ccc2ccccc2n1)C(=O)N[C@H](Cc1ccc(Cl)cc1)C(=O)N[C@H](Cc1cccnc1)C(=O)N[C@@H](CO)C(=O)N[C@@H](CCCNC(=O)c1cnccn1)C(=O)N[C@H](CCCNC(=O)c1ccc(N)nc1)C(=O)N[C@@H](CC(C)C)C(=O)N[C@@H](CCCCNC(C)C)C(=O)N1CCC[C@H]1C(=O)N[C@H](C)C(N)=O. The molecule has 5 heterocycles. The van der Waals surface area contributed by atoms with E-state index in [1.807, 2.05) is 32.0 Å². The van der Waals surface area contributed by atoms with Crippen LogP contribution in [0.2, 0.25) is 5.02 Å². The van der Waals surface area contributed by atoms with E-state index in [0.29, 0.717) is 53.2 Å². The minimum atomic E-state index is -1.88. The number of rotatable bonds is 44. The number of primary amides is 1. The van der Waals surface area contributed by atoms with Gasteiger partial charge in [0.05, 0.1) is 23.9 Å². The molecule has 1 fully saturated rings. The molecule has 7 rings (SSSR count). The number of hydrogen-bond acceptors (Lipinski definition) is 21. The Morgan fingerprint density at radius 1 is 0.540 bits per heavy atom. The first-order valence-corrected chi connectivity index (χ1v) is 38.1. The van der Waals surface area contributed by atoms with E-state index in [0.717, 1.165) is 5.39 Å². The lowest BCUT2D eigenvalue weighted by Crippen LogP contribution is -2.61. The average molecular weight is 1580 g/mol. The Morgan fingerprint density at radius 2 is 1.12 bits per heavy atom. The molecule has 10 atom stereocenters. The molecule has 0 spiro atoms. The number of likely N-dealkylation sites (tertiary alicyclic amines) is 1. The first-order chi connectivity index (χ1) is 54.0. The fourth-order valence-electron chi connectivity index (χ4n) is 12.4. The number of halogens is 1. The number of hydrogen-bond donors (Lipinski definition) is 15. The zero-order chi connectivity index (χ0) is 82.1. The minimum Gasteiger partial charge on any atom is -0.394 e. The van der Waals surface area contributed by atoms with Crippen molar-refractivity contribution in [3.8, 4) is 0 Å². The van der Waals surface area contributed by atoms with Gasteiger partial charge in [0.15, 0.2) is 0 Å². The number of carbonyl (C=O) groups is 13. The predicted molar refractivity (Wildman–Crippen MR) is 419 cm³/mol. The number of para-hydroxylation sites is 1. The number of anilines is 1. The zero-order valence-corrected chi connectivity index (χ0v) is 64.9. The molecule has 4 aromatic heterocycles. The Morgan fingerprint density at radius 3 is 1.71 bits per heavy atom. The summed E-state index contributed by atoms with van der Waals surface area (Å²) in [7, 11) is 0. The van der Waals surface area contributed by atoms with Crippen molar-refractivity contribution in [1.82, 2.24) is 93.6 Å². The highest BCUT2D eigenvalue weighted by molar-refractivity contribution is 6.30. The number of amides is 13. The lowest BCUT2D eigenvalue weighted by Gasteiger charge is -2.31. The summed E-state index contributed by atoms with van der Waals surface area (Å²) in [5.41, 5.74) is 13.4. The minimum absolute atomic E-state index is 0.00474. The molecule has 1 aliphatic rings. The molecular weight excluding hydrogens is 1480 g/mol. The quantitative estimate of drug-likeness (QED) is 0.0233. The number of aromatic nitrogens is 5. The van der Waals surface area contributed by atoms with Crippen molar-refractivity contribution in [2.75, 3.05) is 38.5 Å². The van der Waals surface area contributed by atoms with Gasteiger partial charge in [0.2, 0.25) is 65.0 Å². The van der Waals surface area contributed by atoms with Crippen LogP contribution in [-0.2, 0) is 72.0 Å². The number of nitrogens with two attached hydrogens (primary N) is 2. The number of carbonyl (C=O) groups excluding carboxylic acids is 13. The van der Waals surface area contributed by atoms with Gasteiger partial charge in [-0.05, 0) is 137 Å². The number of fused-ring (bicyclic) bond motifs is 1. The Bertz CT molecular complexity index is 4230. The number of aliphatic hydroxyl groups excluding tert-OH is 1. The van der Waals surface area contributed by atoms with E-state index in [4.69, 9.17) is 23.1 Å². The van der Waals surface area contributed by atoms with E-state index >= 15 is 9.59 Å². The average Bonchev–Trinajstić information content (AvgIpc) is 1.81. The number of nitrogens with zero attached hydrogens (tertiary/aromatic N) is 6. The Balaban J connectivity index is 1.16. The van der Waals surface area contributed by atoms with Crippen LogP contribution >= 0.6 is 11.6 Å². The molecule has 1 aliphatic heterocycles. The fraction of sp³-hybridized carbons (Fsp3) is 0.462. The van der Waals surface area contributed by atoms with E-state index in [1.54, 1.807) is 68.4 Å². The molecule has 0 saturated carbocycles. The summed E-state index contributed by atoms with van der Waals surface area (Å²) < 4.78 is 0. The smallest absolute Gasteiger partial charge is 0.271 e. The maximum atomic E-state index is 15.1. The second-order valence-electron chi connectivity index (χ2n) is 28.4. The van der Waals surface area contributed by atoms with Crippen molar-refractivity contribution >= 4 is 105 Å². The largest absolute Gasteiger partial charge is 0.394 e. The molecule has 6 aromatic rings. The topological polar surface area (TPSA) is 506 Å². The summed E-state index contributed by atoms with van der Waals surface area (Å²) in [4.78, 5) is 206. The van der Waals surface area contributed by atoms with Gasteiger partial charge in [-0.25, -0.2) is 9.97 Å². The van der Waals surface area contributed by atoms with Gasteiger partial charge in [-0.2, -0.15) is 0 Å². The molecule has 34 nitrogen and oxygen atoms in total. The highest BCUT2D eigenvalue weighted by Crippen LogP contribution is 2.22.